The molecule has 2 unspecified atom stereocenters. The molecule has 0 saturated carbocycles. The Morgan fingerprint density at radius 3 is 2.94 bits per heavy atom. The van der Waals surface area contributed by atoms with Crippen LogP contribution in [0.1, 0.15) is 18.9 Å². The predicted octanol–water partition coefficient (Wildman–Crippen LogP) is 3.02. The van der Waals surface area contributed by atoms with Crippen molar-refractivity contribution in [2.75, 3.05) is 6.61 Å². The monoisotopic (exact) mass is 256 g/mol. The maximum Gasteiger partial charge on any atom is 0.143 e. The molecule has 1 aliphatic rings. The molecule has 1 aromatic rings. The Morgan fingerprint density at radius 1 is 1.59 bits per heavy atom. The quantitative estimate of drug-likeness (QED) is 0.831. The number of ether oxygens (including phenoxy) is 1. The Morgan fingerprint density at radius 2 is 2.35 bits per heavy atom. The first-order valence-electron chi connectivity index (χ1n) is 5.67. The summed E-state index contributed by atoms with van der Waals surface area (Å²) < 4.78 is 18.9. The van der Waals surface area contributed by atoms with Gasteiger partial charge in [0.05, 0.1) is 6.10 Å². The number of Topliss-reactive ketones (excluding diaryl/α,β-unsaturated/α-hetero) is 1. The van der Waals surface area contributed by atoms with E-state index in [1.807, 2.05) is 6.92 Å². The van der Waals surface area contributed by atoms with E-state index in [4.69, 9.17) is 16.3 Å². The molecular weight excluding hydrogens is 243 g/mol. The minimum Gasteiger partial charge on any atom is -0.378 e. The van der Waals surface area contributed by atoms with Crippen LogP contribution >= 0.6 is 11.6 Å². The molecule has 0 radical (unpaired) electrons. The SMILES string of the molecule is CC1OCCC1C(=O)Cc1c(F)cccc1Cl. The second-order valence-electron chi connectivity index (χ2n) is 4.31. The normalized spacial score (nSPS) is 23.9. The second kappa shape index (κ2) is 5.15. The summed E-state index contributed by atoms with van der Waals surface area (Å²) >= 11 is 5.89. The van der Waals surface area contributed by atoms with Crippen LogP contribution in [0.3, 0.4) is 0 Å². The molecule has 4 heteroatoms. The summed E-state index contributed by atoms with van der Waals surface area (Å²) in [5.41, 5.74) is 0.290. The van der Waals surface area contributed by atoms with Gasteiger partial charge in [-0.05, 0) is 25.5 Å². The fourth-order valence-electron chi connectivity index (χ4n) is 2.16. The minimum atomic E-state index is -0.419. The fourth-order valence-corrected chi connectivity index (χ4v) is 2.39. The van der Waals surface area contributed by atoms with Crippen molar-refractivity contribution in [3.05, 3.63) is 34.6 Å². The third-order valence-corrected chi connectivity index (χ3v) is 3.56. The standard InChI is InChI=1S/C13H14ClFO2/c1-8-9(5-6-17-8)13(16)7-10-11(14)3-2-4-12(10)15/h2-4,8-9H,5-7H2,1H3. The van der Waals surface area contributed by atoms with E-state index in [0.29, 0.717) is 23.6 Å². The first kappa shape index (κ1) is 12.5. The van der Waals surface area contributed by atoms with E-state index in [1.165, 1.54) is 12.1 Å². The van der Waals surface area contributed by atoms with Crippen LogP contribution in [0, 0.1) is 11.7 Å². The molecule has 0 spiro atoms. The molecule has 1 saturated heterocycles. The number of carbonyl (C=O) groups is 1. The highest BCUT2D eigenvalue weighted by Gasteiger charge is 2.31. The molecule has 0 amide bonds. The average Bonchev–Trinajstić information content (AvgIpc) is 2.70. The first-order valence-corrected chi connectivity index (χ1v) is 6.04. The van der Waals surface area contributed by atoms with Gasteiger partial charge in [0.2, 0.25) is 0 Å². The summed E-state index contributed by atoms with van der Waals surface area (Å²) in [6, 6.07) is 4.46. The average molecular weight is 257 g/mol. The zero-order chi connectivity index (χ0) is 12.4. The molecule has 92 valence electrons. The van der Waals surface area contributed by atoms with Crippen molar-refractivity contribution in [2.45, 2.75) is 25.9 Å². The molecule has 0 N–H and O–H groups in total. The van der Waals surface area contributed by atoms with E-state index in [-0.39, 0.29) is 24.2 Å². The first-order chi connectivity index (χ1) is 8.09. The van der Waals surface area contributed by atoms with Crippen LogP contribution < -0.4 is 0 Å². The largest absolute Gasteiger partial charge is 0.378 e. The van der Waals surface area contributed by atoms with Crippen LogP contribution in [0.25, 0.3) is 0 Å². The van der Waals surface area contributed by atoms with Crippen LogP contribution in [0.2, 0.25) is 5.02 Å². The lowest BCUT2D eigenvalue weighted by Gasteiger charge is -2.13. The van der Waals surface area contributed by atoms with Gasteiger partial charge in [0.1, 0.15) is 11.6 Å². The van der Waals surface area contributed by atoms with E-state index in [2.05, 4.69) is 0 Å². The predicted molar refractivity (Wildman–Crippen MR) is 63.6 cm³/mol. The zero-order valence-corrected chi connectivity index (χ0v) is 10.3. The molecule has 1 aliphatic heterocycles. The molecule has 1 aromatic carbocycles. The number of ketones is 1. The van der Waals surface area contributed by atoms with E-state index in [9.17, 15) is 9.18 Å². The Bertz CT molecular complexity index is 413. The van der Waals surface area contributed by atoms with Crippen molar-refractivity contribution in [1.29, 1.82) is 0 Å². The molecular formula is C13H14ClFO2. The van der Waals surface area contributed by atoms with Crippen molar-refractivity contribution in [3.63, 3.8) is 0 Å². The van der Waals surface area contributed by atoms with Gasteiger partial charge in [-0.25, -0.2) is 4.39 Å². The number of hydrogen-bond acceptors (Lipinski definition) is 2. The molecule has 0 bridgehead atoms. The molecule has 0 aromatic heterocycles. The van der Waals surface area contributed by atoms with Gasteiger partial charge < -0.3 is 4.74 Å². The number of carbonyl (C=O) groups excluding carboxylic acids is 1. The maximum atomic E-state index is 13.5. The fraction of sp³-hybridized carbons (Fsp3) is 0.462. The summed E-state index contributed by atoms with van der Waals surface area (Å²) in [7, 11) is 0. The lowest BCUT2D eigenvalue weighted by atomic mass is 9.93. The van der Waals surface area contributed by atoms with Crippen molar-refractivity contribution < 1.29 is 13.9 Å². The Balaban J connectivity index is 2.13. The van der Waals surface area contributed by atoms with Crippen LogP contribution in [0.15, 0.2) is 18.2 Å². The highest BCUT2D eigenvalue weighted by molar-refractivity contribution is 6.31. The second-order valence-corrected chi connectivity index (χ2v) is 4.72. The van der Waals surface area contributed by atoms with Crippen molar-refractivity contribution >= 4 is 17.4 Å². The van der Waals surface area contributed by atoms with Gasteiger partial charge in [0.15, 0.2) is 0 Å². The van der Waals surface area contributed by atoms with E-state index in [0.717, 1.165) is 0 Å². The number of rotatable bonds is 3. The van der Waals surface area contributed by atoms with E-state index in [1.54, 1.807) is 6.07 Å². The molecule has 2 rings (SSSR count). The summed E-state index contributed by atoms with van der Waals surface area (Å²) in [6.07, 6.45) is 0.684. The Hall–Kier alpha value is -0.930. The summed E-state index contributed by atoms with van der Waals surface area (Å²) in [5, 5.41) is 0.310. The molecule has 2 atom stereocenters. The maximum absolute atomic E-state index is 13.5. The molecule has 2 nitrogen and oxygen atoms in total. The summed E-state index contributed by atoms with van der Waals surface area (Å²) in [4.78, 5) is 12.0. The van der Waals surface area contributed by atoms with Crippen LogP contribution in [-0.4, -0.2) is 18.5 Å². The third-order valence-electron chi connectivity index (χ3n) is 3.20. The molecule has 0 aliphatic carbocycles. The van der Waals surface area contributed by atoms with Gasteiger partial charge in [0, 0.05) is 29.5 Å². The highest BCUT2D eigenvalue weighted by atomic mass is 35.5. The summed E-state index contributed by atoms with van der Waals surface area (Å²) in [6.45, 7) is 2.47. The smallest absolute Gasteiger partial charge is 0.143 e. The van der Waals surface area contributed by atoms with Gasteiger partial charge in [0.25, 0.3) is 0 Å². The van der Waals surface area contributed by atoms with E-state index >= 15 is 0 Å². The lowest BCUT2D eigenvalue weighted by Crippen LogP contribution is -2.23. The topological polar surface area (TPSA) is 26.3 Å². The molecule has 1 heterocycles. The van der Waals surface area contributed by atoms with Gasteiger partial charge in [-0.2, -0.15) is 0 Å². The van der Waals surface area contributed by atoms with Crippen LogP contribution in [0.4, 0.5) is 4.39 Å². The van der Waals surface area contributed by atoms with Crippen molar-refractivity contribution in [1.82, 2.24) is 0 Å². The van der Waals surface area contributed by atoms with Crippen LogP contribution in [-0.2, 0) is 16.0 Å². The Labute approximate surface area is 105 Å². The van der Waals surface area contributed by atoms with Gasteiger partial charge in [-0.3, -0.25) is 4.79 Å². The third kappa shape index (κ3) is 2.67. The number of hydrogen-bond donors (Lipinski definition) is 0. The van der Waals surface area contributed by atoms with Gasteiger partial charge >= 0.3 is 0 Å². The molecule has 1 fully saturated rings. The van der Waals surface area contributed by atoms with Crippen LogP contribution in [0.5, 0.6) is 0 Å². The Kier molecular flexibility index (Phi) is 3.79. The minimum absolute atomic E-state index is 0.00185. The van der Waals surface area contributed by atoms with Gasteiger partial charge in [-0.15, -0.1) is 0 Å². The zero-order valence-electron chi connectivity index (χ0n) is 9.58. The van der Waals surface area contributed by atoms with Gasteiger partial charge in [-0.1, -0.05) is 17.7 Å². The van der Waals surface area contributed by atoms with Crippen molar-refractivity contribution in [3.8, 4) is 0 Å². The summed E-state index contributed by atoms with van der Waals surface area (Å²) in [5.74, 6) is -0.551. The molecule has 17 heavy (non-hydrogen) atoms. The number of benzene rings is 1. The lowest BCUT2D eigenvalue weighted by molar-refractivity contribution is -0.123. The van der Waals surface area contributed by atoms with E-state index < -0.39 is 5.82 Å². The van der Waals surface area contributed by atoms with Crippen molar-refractivity contribution in [2.24, 2.45) is 5.92 Å². The number of halogens is 2. The highest BCUT2D eigenvalue weighted by Crippen LogP contribution is 2.26.